The van der Waals surface area contributed by atoms with Crippen LogP contribution < -0.4 is 5.32 Å². The maximum atomic E-state index is 12.6. The smallest absolute Gasteiger partial charge is 0.220 e. The third kappa shape index (κ3) is 6.95. The highest BCUT2D eigenvalue weighted by atomic mass is 127. The monoisotopic (exact) mass is 547 g/mol. The van der Waals surface area contributed by atoms with Gasteiger partial charge in [0.05, 0.1) is 5.69 Å². The number of aliphatic imine (C=N–C) groups is 1. The molecule has 0 bridgehead atoms. The molecule has 0 spiro atoms. The highest BCUT2D eigenvalue weighted by molar-refractivity contribution is 14.0. The zero-order valence-electron chi connectivity index (χ0n) is 17.5. The highest BCUT2D eigenvalue weighted by Gasteiger charge is 2.28. The molecule has 1 fully saturated rings. The van der Waals surface area contributed by atoms with Crippen molar-refractivity contribution in [2.75, 3.05) is 39.3 Å². The maximum Gasteiger partial charge on any atom is 0.220 e. The van der Waals surface area contributed by atoms with Crippen LogP contribution in [0.5, 0.6) is 0 Å². The Hall–Kier alpha value is -1.66. The summed E-state index contributed by atoms with van der Waals surface area (Å²) < 4.78 is 31.4. The Morgan fingerprint density at radius 2 is 2.00 bits per heavy atom. The molecule has 2 aromatic rings. The molecule has 1 aromatic carbocycles. The molecule has 166 valence electrons. The number of guanidine groups is 1. The van der Waals surface area contributed by atoms with Gasteiger partial charge in [0.2, 0.25) is 10.0 Å². The van der Waals surface area contributed by atoms with Crippen molar-refractivity contribution < 1.29 is 12.9 Å². The summed E-state index contributed by atoms with van der Waals surface area (Å²) in [4.78, 5) is 6.88. The lowest BCUT2D eigenvalue weighted by Crippen LogP contribution is -2.54. The van der Waals surface area contributed by atoms with Gasteiger partial charge in [-0.25, -0.2) is 8.42 Å². The second-order valence-corrected chi connectivity index (χ2v) is 9.08. The van der Waals surface area contributed by atoms with Crippen LogP contribution in [0, 0.1) is 6.92 Å². The number of aromatic nitrogens is 1. The van der Waals surface area contributed by atoms with Gasteiger partial charge >= 0.3 is 0 Å². The van der Waals surface area contributed by atoms with Crippen LogP contribution >= 0.6 is 24.0 Å². The predicted octanol–water partition coefficient (Wildman–Crippen LogP) is 2.26. The van der Waals surface area contributed by atoms with Crippen molar-refractivity contribution >= 4 is 40.0 Å². The first kappa shape index (κ1) is 24.6. The van der Waals surface area contributed by atoms with E-state index in [9.17, 15) is 8.42 Å². The molecule has 0 aliphatic carbocycles. The zero-order chi connectivity index (χ0) is 20.7. The van der Waals surface area contributed by atoms with Gasteiger partial charge < -0.3 is 14.7 Å². The van der Waals surface area contributed by atoms with Gasteiger partial charge in [-0.05, 0) is 25.8 Å². The summed E-state index contributed by atoms with van der Waals surface area (Å²) in [6, 6.07) is 10.0. The molecule has 8 nitrogen and oxygen atoms in total. The number of halogens is 1. The van der Waals surface area contributed by atoms with Crippen LogP contribution in [0.15, 0.2) is 46.1 Å². The van der Waals surface area contributed by atoms with Crippen molar-refractivity contribution in [1.82, 2.24) is 19.7 Å². The second kappa shape index (κ2) is 11.7. The first-order valence-corrected chi connectivity index (χ1v) is 11.5. The Bertz CT molecular complexity index is 910. The average molecular weight is 547 g/mol. The minimum atomic E-state index is -3.40. The van der Waals surface area contributed by atoms with Gasteiger partial charge in [0.1, 0.15) is 12.0 Å². The molecule has 0 unspecified atom stereocenters. The van der Waals surface area contributed by atoms with E-state index in [1.54, 1.807) is 6.07 Å². The summed E-state index contributed by atoms with van der Waals surface area (Å²) in [6.07, 6.45) is 2.27. The summed E-state index contributed by atoms with van der Waals surface area (Å²) in [6.45, 7) is 7.67. The molecule has 0 radical (unpaired) electrons. The SMILES string of the molecule is CCNC(=NCCc1cccc(C)c1)N1CCN(S(=O)(=O)Cc2ccon2)CC1.I. The van der Waals surface area contributed by atoms with E-state index in [-0.39, 0.29) is 29.7 Å². The summed E-state index contributed by atoms with van der Waals surface area (Å²) in [5, 5.41) is 7.03. The van der Waals surface area contributed by atoms with Crippen LogP contribution in [-0.4, -0.2) is 68.0 Å². The molecule has 1 aliphatic rings. The van der Waals surface area contributed by atoms with E-state index in [4.69, 9.17) is 9.52 Å². The van der Waals surface area contributed by atoms with Gasteiger partial charge in [0, 0.05) is 45.3 Å². The molecule has 0 saturated carbocycles. The molecule has 30 heavy (non-hydrogen) atoms. The van der Waals surface area contributed by atoms with E-state index in [0.29, 0.717) is 38.4 Å². The molecule has 1 aliphatic heterocycles. The Kier molecular flexibility index (Phi) is 9.56. The molecule has 3 rings (SSSR count). The van der Waals surface area contributed by atoms with Crippen LogP contribution in [0.1, 0.15) is 23.7 Å². The first-order chi connectivity index (χ1) is 14.0. The second-order valence-electron chi connectivity index (χ2n) is 7.11. The molecule has 0 atom stereocenters. The molecule has 0 amide bonds. The number of hydrogen-bond donors (Lipinski definition) is 1. The molecule has 2 heterocycles. The fourth-order valence-corrected chi connectivity index (χ4v) is 4.78. The van der Waals surface area contributed by atoms with Crippen molar-refractivity contribution in [1.29, 1.82) is 0 Å². The van der Waals surface area contributed by atoms with E-state index in [1.165, 1.54) is 21.7 Å². The topological polar surface area (TPSA) is 91.0 Å². The number of nitrogens with zero attached hydrogens (tertiary/aromatic N) is 4. The lowest BCUT2D eigenvalue weighted by atomic mass is 10.1. The van der Waals surface area contributed by atoms with Gasteiger partial charge in [-0.3, -0.25) is 4.99 Å². The summed E-state index contributed by atoms with van der Waals surface area (Å²) >= 11 is 0. The molecular formula is C20H30IN5O3S. The first-order valence-electron chi connectivity index (χ1n) is 9.94. The summed E-state index contributed by atoms with van der Waals surface area (Å²) in [5.41, 5.74) is 2.95. The lowest BCUT2D eigenvalue weighted by molar-refractivity contribution is 0.260. The predicted molar refractivity (Wildman–Crippen MR) is 129 cm³/mol. The maximum absolute atomic E-state index is 12.6. The minimum absolute atomic E-state index is 0. The molecule has 1 aromatic heterocycles. The average Bonchev–Trinajstić information content (AvgIpc) is 3.20. The zero-order valence-corrected chi connectivity index (χ0v) is 20.6. The Labute approximate surface area is 195 Å². The van der Waals surface area contributed by atoms with Crippen molar-refractivity contribution in [2.45, 2.75) is 26.0 Å². The van der Waals surface area contributed by atoms with Gasteiger partial charge in [0.15, 0.2) is 5.96 Å². The van der Waals surface area contributed by atoms with Crippen molar-refractivity contribution in [2.24, 2.45) is 4.99 Å². The Morgan fingerprint density at radius 1 is 1.23 bits per heavy atom. The van der Waals surface area contributed by atoms with Crippen LogP contribution in [0.4, 0.5) is 0 Å². The largest absolute Gasteiger partial charge is 0.364 e. The Balaban J connectivity index is 0.00000320. The number of aryl methyl sites for hydroxylation is 1. The van der Waals surface area contributed by atoms with E-state index in [0.717, 1.165) is 18.9 Å². The number of rotatable bonds is 7. The van der Waals surface area contributed by atoms with Crippen molar-refractivity contribution in [3.8, 4) is 0 Å². The molecular weight excluding hydrogens is 517 g/mol. The van der Waals surface area contributed by atoms with E-state index < -0.39 is 10.0 Å². The third-order valence-corrected chi connectivity index (χ3v) is 6.65. The third-order valence-electron chi connectivity index (χ3n) is 4.83. The lowest BCUT2D eigenvalue weighted by Gasteiger charge is -2.35. The number of nitrogens with one attached hydrogen (secondary N) is 1. The Morgan fingerprint density at radius 3 is 2.63 bits per heavy atom. The number of benzene rings is 1. The summed E-state index contributed by atoms with van der Waals surface area (Å²) in [7, 11) is -3.40. The van der Waals surface area contributed by atoms with E-state index in [2.05, 4.69) is 46.6 Å². The quantitative estimate of drug-likeness (QED) is 0.325. The fourth-order valence-electron chi connectivity index (χ4n) is 3.35. The summed E-state index contributed by atoms with van der Waals surface area (Å²) in [5.74, 6) is 0.711. The van der Waals surface area contributed by atoms with Crippen molar-refractivity contribution in [3.05, 3.63) is 53.4 Å². The van der Waals surface area contributed by atoms with Gasteiger partial charge in [-0.1, -0.05) is 35.0 Å². The van der Waals surface area contributed by atoms with E-state index in [1.807, 2.05) is 6.92 Å². The van der Waals surface area contributed by atoms with Crippen LogP contribution in [-0.2, 0) is 22.2 Å². The van der Waals surface area contributed by atoms with Gasteiger partial charge in [-0.15, -0.1) is 24.0 Å². The molecule has 1 saturated heterocycles. The standard InChI is InChI=1S/C20H29N5O3S.HI/c1-3-21-20(22-9-7-18-6-4-5-17(2)15-18)24-10-12-25(13-11-24)29(26,27)16-19-8-14-28-23-19;/h4-6,8,14-15H,3,7,9-13,16H2,1-2H3,(H,21,22);1H. The number of piperazine rings is 1. The van der Waals surface area contributed by atoms with Crippen LogP contribution in [0.2, 0.25) is 0 Å². The van der Waals surface area contributed by atoms with Crippen molar-refractivity contribution in [3.63, 3.8) is 0 Å². The molecule has 1 N–H and O–H groups in total. The van der Waals surface area contributed by atoms with E-state index >= 15 is 0 Å². The van der Waals surface area contributed by atoms with Crippen LogP contribution in [0.25, 0.3) is 0 Å². The van der Waals surface area contributed by atoms with Gasteiger partial charge in [-0.2, -0.15) is 4.31 Å². The number of hydrogen-bond acceptors (Lipinski definition) is 5. The fraction of sp³-hybridized carbons (Fsp3) is 0.500. The van der Waals surface area contributed by atoms with Gasteiger partial charge in [0.25, 0.3) is 0 Å². The minimum Gasteiger partial charge on any atom is -0.364 e. The normalized spacial score (nSPS) is 15.7. The number of sulfonamides is 1. The highest BCUT2D eigenvalue weighted by Crippen LogP contribution is 2.13. The van der Waals surface area contributed by atoms with Crippen LogP contribution in [0.3, 0.4) is 0 Å². The molecule has 10 heteroatoms.